The molecular formula is C26H22ClF3N2O3. The van der Waals surface area contributed by atoms with E-state index in [1.165, 1.54) is 11.0 Å². The lowest BCUT2D eigenvalue weighted by Crippen LogP contribution is -2.38. The minimum absolute atomic E-state index is 0.0105. The molecule has 3 aromatic rings. The summed E-state index contributed by atoms with van der Waals surface area (Å²) in [6.45, 7) is 1.91. The molecule has 0 radical (unpaired) electrons. The number of alkyl halides is 3. The van der Waals surface area contributed by atoms with Crippen LogP contribution < -0.4 is 10.1 Å². The number of nitrogens with zero attached hydrogens (tertiary/aromatic N) is 1. The maximum Gasteiger partial charge on any atom is 0.416 e. The Morgan fingerprint density at radius 1 is 1.11 bits per heavy atom. The summed E-state index contributed by atoms with van der Waals surface area (Å²) in [5.41, 5.74) is 1.14. The van der Waals surface area contributed by atoms with Gasteiger partial charge in [0.25, 0.3) is 11.8 Å². The molecule has 182 valence electrons. The van der Waals surface area contributed by atoms with Crippen LogP contribution in [0.2, 0.25) is 5.02 Å². The number of fused-ring (bicyclic) bond motifs is 1. The van der Waals surface area contributed by atoms with Crippen molar-refractivity contribution in [1.29, 1.82) is 0 Å². The molecule has 5 nitrogen and oxygen atoms in total. The summed E-state index contributed by atoms with van der Waals surface area (Å²) < 4.78 is 45.4. The smallest absolute Gasteiger partial charge is 0.416 e. The van der Waals surface area contributed by atoms with Gasteiger partial charge in [0.15, 0.2) is 6.10 Å². The molecule has 0 fully saturated rings. The quantitative estimate of drug-likeness (QED) is 0.445. The molecule has 4 rings (SSSR count). The largest absolute Gasteiger partial charge is 0.480 e. The molecule has 0 saturated heterocycles. The average Bonchev–Trinajstić information content (AvgIpc) is 2.95. The van der Waals surface area contributed by atoms with Crippen molar-refractivity contribution >= 4 is 29.1 Å². The third-order valence-electron chi connectivity index (χ3n) is 5.64. The number of carbonyl (C=O) groups is 2. The number of anilines is 1. The number of hydrogen-bond donors (Lipinski definition) is 1. The van der Waals surface area contributed by atoms with Gasteiger partial charge in [-0.25, -0.2) is 0 Å². The maximum absolute atomic E-state index is 13.2. The van der Waals surface area contributed by atoms with Gasteiger partial charge in [0.1, 0.15) is 5.75 Å². The predicted octanol–water partition coefficient (Wildman–Crippen LogP) is 6.31. The first kappa shape index (κ1) is 24.6. The Hall–Kier alpha value is -3.52. The van der Waals surface area contributed by atoms with Crippen LogP contribution in [0, 0.1) is 0 Å². The van der Waals surface area contributed by atoms with Crippen molar-refractivity contribution in [1.82, 2.24) is 4.90 Å². The highest BCUT2D eigenvalue weighted by molar-refractivity contribution is 6.30. The van der Waals surface area contributed by atoms with Crippen LogP contribution in [-0.2, 0) is 24.1 Å². The summed E-state index contributed by atoms with van der Waals surface area (Å²) in [6, 6.07) is 16.4. The molecule has 1 N–H and O–H groups in total. The van der Waals surface area contributed by atoms with E-state index in [2.05, 4.69) is 5.32 Å². The molecule has 3 aromatic carbocycles. The number of hydrogen-bond acceptors (Lipinski definition) is 3. The normalized spacial score (nSPS) is 15.7. The average molecular weight is 503 g/mol. The SMILES string of the molecule is CCC1Oc2ccc(NC(=O)c3ccc(Cl)cc3)cc2CN(Cc2cccc(C(F)(F)F)c2)C1=O. The lowest BCUT2D eigenvalue weighted by atomic mass is 10.1. The fourth-order valence-corrected chi connectivity index (χ4v) is 3.98. The van der Waals surface area contributed by atoms with Gasteiger partial charge < -0.3 is 15.0 Å². The monoisotopic (exact) mass is 502 g/mol. The van der Waals surface area contributed by atoms with Crippen molar-refractivity contribution in [3.63, 3.8) is 0 Å². The number of nitrogens with one attached hydrogen (secondary N) is 1. The number of halogens is 4. The topological polar surface area (TPSA) is 58.6 Å². The minimum atomic E-state index is -4.47. The van der Waals surface area contributed by atoms with E-state index in [-0.39, 0.29) is 24.9 Å². The van der Waals surface area contributed by atoms with Crippen molar-refractivity contribution in [2.75, 3.05) is 5.32 Å². The van der Waals surface area contributed by atoms with Gasteiger partial charge in [-0.15, -0.1) is 0 Å². The van der Waals surface area contributed by atoms with Crippen LogP contribution in [0.1, 0.15) is 40.4 Å². The molecule has 2 amide bonds. The number of rotatable bonds is 5. The second-order valence-electron chi connectivity index (χ2n) is 8.19. The zero-order chi connectivity index (χ0) is 25.2. The lowest BCUT2D eigenvalue weighted by molar-refractivity contribution is -0.139. The van der Waals surface area contributed by atoms with Gasteiger partial charge in [-0.3, -0.25) is 9.59 Å². The highest BCUT2D eigenvalue weighted by atomic mass is 35.5. The number of amides is 2. The third-order valence-corrected chi connectivity index (χ3v) is 5.89. The van der Waals surface area contributed by atoms with E-state index in [1.54, 1.807) is 55.5 Å². The second kappa shape index (κ2) is 10.00. The Labute approximate surface area is 205 Å². The van der Waals surface area contributed by atoms with Crippen LogP contribution in [0.15, 0.2) is 66.7 Å². The van der Waals surface area contributed by atoms with E-state index in [0.717, 1.165) is 12.1 Å². The molecule has 1 aliphatic heterocycles. The Morgan fingerprint density at radius 3 is 2.54 bits per heavy atom. The summed E-state index contributed by atoms with van der Waals surface area (Å²) in [6.07, 6.45) is -4.85. The zero-order valence-corrected chi connectivity index (χ0v) is 19.5. The highest BCUT2D eigenvalue weighted by Gasteiger charge is 2.32. The Kier molecular flexibility index (Phi) is 7.03. The Balaban J connectivity index is 1.59. The van der Waals surface area contributed by atoms with Gasteiger partial charge in [-0.05, 0) is 66.6 Å². The van der Waals surface area contributed by atoms with Gasteiger partial charge in [0, 0.05) is 34.9 Å². The molecule has 1 heterocycles. The summed E-state index contributed by atoms with van der Waals surface area (Å²) in [7, 11) is 0. The number of ether oxygens (including phenoxy) is 1. The van der Waals surface area contributed by atoms with Crippen molar-refractivity contribution in [2.24, 2.45) is 0 Å². The summed E-state index contributed by atoms with van der Waals surface area (Å²) in [5.74, 6) is -0.159. The first-order valence-electron chi connectivity index (χ1n) is 11.0. The predicted molar refractivity (Wildman–Crippen MR) is 126 cm³/mol. The molecule has 0 saturated carbocycles. The third kappa shape index (κ3) is 5.77. The maximum atomic E-state index is 13.2. The van der Waals surface area contributed by atoms with E-state index >= 15 is 0 Å². The summed E-state index contributed by atoms with van der Waals surface area (Å²) in [5, 5.41) is 3.32. The zero-order valence-electron chi connectivity index (χ0n) is 18.7. The van der Waals surface area contributed by atoms with Gasteiger partial charge >= 0.3 is 6.18 Å². The van der Waals surface area contributed by atoms with Gasteiger partial charge in [0.2, 0.25) is 0 Å². The molecule has 9 heteroatoms. The standard InChI is InChI=1S/C26H22ClF3N2O3/c1-2-22-25(34)32(14-16-4-3-5-19(12-16)26(28,29)30)15-18-13-21(10-11-23(18)35-22)31-24(33)17-6-8-20(27)9-7-17/h3-13,22H,2,14-15H2,1H3,(H,31,33). The van der Waals surface area contributed by atoms with E-state index in [4.69, 9.17) is 16.3 Å². The van der Waals surface area contributed by atoms with Crippen molar-refractivity contribution in [3.05, 3.63) is 94.0 Å². The fourth-order valence-electron chi connectivity index (χ4n) is 3.85. The van der Waals surface area contributed by atoms with E-state index < -0.39 is 17.8 Å². The first-order chi connectivity index (χ1) is 16.6. The summed E-state index contributed by atoms with van der Waals surface area (Å²) in [4.78, 5) is 27.2. The Bertz CT molecular complexity index is 1250. The van der Waals surface area contributed by atoms with Crippen LogP contribution in [0.25, 0.3) is 0 Å². The molecule has 0 aromatic heterocycles. The highest BCUT2D eigenvalue weighted by Crippen LogP contribution is 2.32. The van der Waals surface area contributed by atoms with Gasteiger partial charge in [-0.1, -0.05) is 30.7 Å². The van der Waals surface area contributed by atoms with E-state index in [0.29, 0.717) is 39.6 Å². The second-order valence-corrected chi connectivity index (χ2v) is 8.63. The molecule has 1 aliphatic rings. The molecule has 1 unspecified atom stereocenters. The van der Waals surface area contributed by atoms with E-state index in [9.17, 15) is 22.8 Å². The summed E-state index contributed by atoms with van der Waals surface area (Å²) >= 11 is 5.88. The van der Waals surface area contributed by atoms with Crippen LogP contribution in [0.5, 0.6) is 5.75 Å². The van der Waals surface area contributed by atoms with Crippen LogP contribution in [0.3, 0.4) is 0 Å². The molecule has 35 heavy (non-hydrogen) atoms. The van der Waals surface area contributed by atoms with Gasteiger partial charge in [-0.2, -0.15) is 13.2 Å². The molecule has 0 spiro atoms. The first-order valence-corrected chi connectivity index (χ1v) is 11.3. The van der Waals surface area contributed by atoms with E-state index in [1.807, 2.05) is 0 Å². The fraction of sp³-hybridized carbons (Fsp3) is 0.231. The van der Waals surface area contributed by atoms with Gasteiger partial charge in [0.05, 0.1) is 5.56 Å². The van der Waals surface area contributed by atoms with Crippen LogP contribution >= 0.6 is 11.6 Å². The Morgan fingerprint density at radius 2 is 1.86 bits per heavy atom. The van der Waals surface area contributed by atoms with Crippen molar-refractivity contribution in [3.8, 4) is 5.75 Å². The molecular weight excluding hydrogens is 481 g/mol. The number of benzene rings is 3. The lowest BCUT2D eigenvalue weighted by Gasteiger charge is -2.23. The van der Waals surface area contributed by atoms with Crippen LogP contribution in [0.4, 0.5) is 18.9 Å². The number of carbonyl (C=O) groups excluding carboxylic acids is 2. The minimum Gasteiger partial charge on any atom is -0.480 e. The molecule has 0 bridgehead atoms. The molecule has 0 aliphatic carbocycles. The van der Waals surface area contributed by atoms with Crippen molar-refractivity contribution < 1.29 is 27.5 Å². The van der Waals surface area contributed by atoms with Crippen molar-refractivity contribution in [2.45, 2.75) is 38.7 Å². The van der Waals surface area contributed by atoms with Crippen LogP contribution in [-0.4, -0.2) is 22.8 Å². The molecule has 1 atom stereocenters.